The van der Waals surface area contributed by atoms with Gasteiger partial charge >= 0.3 is 0 Å². The molecule has 1 aromatic carbocycles. The molecule has 2 rings (SSSR count). The molecule has 0 radical (unpaired) electrons. The van der Waals surface area contributed by atoms with Gasteiger partial charge in [-0.2, -0.15) is 0 Å². The van der Waals surface area contributed by atoms with Crippen molar-refractivity contribution in [3.05, 3.63) is 59.8 Å². The average molecular weight is 272 g/mol. The standard InChI is InChI=1S/C15H16N2OS/c16-15(19)13-8-9-14(17-11-13)18-10-4-7-12-5-2-1-3-6-12/h1-3,5-6,8-9,11H,4,7,10H2,(H2,16,19). The first kappa shape index (κ1) is 13.5. The summed E-state index contributed by atoms with van der Waals surface area (Å²) in [6, 6.07) is 14.0. The Morgan fingerprint density at radius 3 is 2.58 bits per heavy atom. The Morgan fingerprint density at radius 1 is 1.16 bits per heavy atom. The second-order valence-corrected chi connectivity index (χ2v) is 4.63. The van der Waals surface area contributed by atoms with E-state index >= 15 is 0 Å². The second kappa shape index (κ2) is 6.85. The fourth-order valence-electron chi connectivity index (χ4n) is 1.71. The zero-order chi connectivity index (χ0) is 13.5. The van der Waals surface area contributed by atoms with Crippen LogP contribution in [0.4, 0.5) is 0 Å². The molecule has 0 bridgehead atoms. The Hall–Kier alpha value is -1.94. The van der Waals surface area contributed by atoms with Gasteiger partial charge in [0.2, 0.25) is 5.88 Å². The van der Waals surface area contributed by atoms with Gasteiger partial charge in [0.15, 0.2) is 0 Å². The summed E-state index contributed by atoms with van der Waals surface area (Å²) in [5.74, 6) is 0.605. The molecule has 0 atom stereocenters. The van der Waals surface area contributed by atoms with Crippen LogP contribution in [-0.2, 0) is 6.42 Å². The molecule has 19 heavy (non-hydrogen) atoms. The van der Waals surface area contributed by atoms with Crippen molar-refractivity contribution in [2.45, 2.75) is 12.8 Å². The summed E-state index contributed by atoms with van der Waals surface area (Å²) in [4.78, 5) is 4.50. The summed E-state index contributed by atoms with van der Waals surface area (Å²) in [7, 11) is 0. The number of benzene rings is 1. The van der Waals surface area contributed by atoms with Crippen molar-refractivity contribution in [1.82, 2.24) is 4.98 Å². The first-order chi connectivity index (χ1) is 9.25. The molecule has 0 aliphatic rings. The topological polar surface area (TPSA) is 48.1 Å². The van der Waals surface area contributed by atoms with E-state index in [2.05, 4.69) is 17.1 Å². The Morgan fingerprint density at radius 2 is 1.95 bits per heavy atom. The third-order valence-corrected chi connectivity index (χ3v) is 2.96. The average Bonchev–Trinajstić information content (AvgIpc) is 2.45. The molecule has 4 heteroatoms. The molecule has 98 valence electrons. The minimum atomic E-state index is 0.350. The molecular weight excluding hydrogens is 256 g/mol. The quantitative estimate of drug-likeness (QED) is 0.649. The first-order valence-electron chi connectivity index (χ1n) is 6.18. The van der Waals surface area contributed by atoms with Crippen molar-refractivity contribution in [1.29, 1.82) is 0 Å². The van der Waals surface area contributed by atoms with E-state index in [9.17, 15) is 0 Å². The zero-order valence-corrected chi connectivity index (χ0v) is 11.4. The van der Waals surface area contributed by atoms with Gasteiger partial charge in [-0.25, -0.2) is 4.98 Å². The predicted molar refractivity (Wildman–Crippen MR) is 80.4 cm³/mol. The fourth-order valence-corrected chi connectivity index (χ4v) is 1.83. The molecule has 0 fully saturated rings. The number of ether oxygens (including phenoxy) is 1. The van der Waals surface area contributed by atoms with Gasteiger partial charge in [-0.1, -0.05) is 42.5 Å². The van der Waals surface area contributed by atoms with Gasteiger partial charge in [0.25, 0.3) is 0 Å². The number of thiocarbonyl (C=S) groups is 1. The highest BCUT2D eigenvalue weighted by atomic mass is 32.1. The van der Waals surface area contributed by atoms with Gasteiger partial charge in [0.1, 0.15) is 4.99 Å². The highest BCUT2D eigenvalue weighted by molar-refractivity contribution is 7.80. The van der Waals surface area contributed by atoms with Crippen molar-refractivity contribution in [3.8, 4) is 5.88 Å². The summed E-state index contributed by atoms with van der Waals surface area (Å²) in [5, 5.41) is 0. The summed E-state index contributed by atoms with van der Waals surface area (Å²) < 4.78 is 5.57. The van der Waals surface area contributed by atoms with Crippen LogP contribution in [0.25, 0.3) is 0 Å². The highest BCUT2D eigenvalue weighted by Gasteiger charge is 1.99. The maximum Gasteiger partial charge on any atom is 0.213 e. The number of aryl methyl sites for hydroxylation is 1. The normalized spacial score (nSPS) is 10.1. The van der Waals surface area contributed by atoms with Gasteiger partial charge < -0.3 is 10.5 Å². The maximum atomic E-state index is 5.57. The predicted octanol–water partition coefficient (Wildman–Crippen LogP) is 2.73. The smallest absolute Gasteiger partial charge is 0.213 e. The molecule has 0 spiro atoms. The Kier molecular flexibility index (Phi) is 4.86. The number of hydrogen-bond donors (Lipinski definition) is 1. The van der Waals surface area contributed by atoms with E-state index < -0.39 is 0 Å². The van der Waals surface area contributed by atoms with E-state index in [-0.39, 0.29) is 0 Å². The van der Waals surface area contributed by atoms with Crippen LogP contribution < -0.4 is 10.5 Å². The summed E-state index contributed by atoms with van der Waals surface area (Å²) in [6.45, 7) is 0.647. The van der Waals surface area contributed by atoms with Crippen molar-refractivity contribution in [2.24, 2.45) is 5.73 Å². The van der Waals surface area contributed by atoms with Crippen molar-refractivity contribution >= 4 is 17.2 Å². The second-order valence-electron chi connectivity index (χ2n) is 4.19. The van der Waals surface area contributed by atoms with E-state index in [4.69, 9.17) is 22.7 Å². The van der Waals surface area contributed by atoms with E-state index in [0.29, 0.717) is 17.5 Å². The van der Waals surface area contributed by atoms with E-state index in [0.717, 1.165) is 18.4 Å². The van der Waals surface area contributed by atoms with Gasteiger partial charge in [-0.15, -0.1) is 0 Å². The van der Waals surface area contributed by atoms with E-state index in [1.54, 1.807) is 12.3 Å². The third-order valence-electron chi connectivity index (χ3n) is 2.72. The number of aromatic nitrogens is 1. The maximum absolute atomic E-state index is 5.57. The van der Waals surface area contributed by atoms with Gasteiger partial charge in [0, 0.05) is 17.8 Å². The van der Waals surface area contributed by atoms with Crippen molar-refractivity contribution in [3.63, 3.8) is 0 Å². The molecule has 0 aliphatic carbocycles. The number of nitrogens with zero attached hydrogens (tertiary/aromatic N) is 1. The van der Waals surface area contributed by atoms with E-state index in [1.807, 2.05) is 24.3 Å². The lowest BCUT2D eigenvalue weighted by atomic mass is 10.1. The minimum absolute atomic E-state index is 0.350. The molecule has 3 nitrogen and oxygen atoms in total. The highest BCUT2D eigenvalue weighted by Crippen LogP contribution is 2.09. The SMILES string of the molecule is NC(=S)c1ccc(OCCCc2ccccc2)nc1. The van der Waals surface area contributed by atoms with Gasteiger partial charge in [-0.3, -0.25) is 0 Å². The van der Waals surface area contributed by atoms with Crippen LogP contribution in [0, 0.1) is 0 Å². The number of hydrogen-bond acceptors (Lipinski definition) is 3. The number of rotatable bonds is 6. The lowest BCUT2D eigenvalue weighted by Crippen LogP contribution is -2.09. The van der Waals surface area contributed by atoms with Crippen LogP contribution in [-0.4, -0.2) is 16.6 Å². The Labute approximate surface area is 118 Å². The molecular formula is C15H16N2OS. The summed E-state index contributed by atoms with van der Waals surface area (Å²) in [6.07, 6.45) is 3.60. The molecule has 0 amide bonds. The van der Waals surface area contributed by atoms with Crippen LogP contribution in [0.3, 0.4) is 0 Å². The van der Waals surface area contributed by atoms with Gasteiger partial charge in [-0.05, 0) is 24.5 Å². The lowest BCUT2D eigenvalue weighted by Gasteiger charge is -2.06. The Balaban J connectivity index is 1.75. The largest absolute Gasteiger partial charge is 0.478 e. The number of nitrogens with two attached hydrogens (primary N) is 1. The van der Waals surface area contributed by atoms with Gasteiger partial charge in [0.05, 0.1) is 6.61 Å². The molecule has 0 saturated carbocycles. The Bertz CT molecular complexity index is 526. The molecule has 0 saturated heterocycles. The van der Waals surface area contributed by atoms with Crippen molar-refractivity contribution < 1.29 is 4.74 Å². The molecule has 0 aliphatic heterocycles. The molecule has 1 aromatic heterocycles. The van der Waals surface area contributed by atoms with Crippen LogP contribution in [0.2, 0.25) is 0 Å². The minimum Gasteiger partial charge on any atom is -0.478 e. The van der Waals surface area contributed by atoms with Crippen molar-refractivity contribution in [2.75, 3.05) is 6.61 Å². The molecule has 0 unspecified atom stereocenters. The van der Waals surface area contributed by atoms with Crippen LogP contribution in [0.1, 0.15) is 17.5 Å². The molecule has 2 aromatic rings. The van der Waals surface area contributed by atoms with Crippen LogP contribution in [0.15, 0.2) is 48.7 Å². The summed E-state index contributed by atoms with van der Waals surface area (Å²) >= 11 is 4.86. The van der Waals surface area contributed by atoms with Crippen LogP contribution >= 0.6 is 12.2 Å². The van der Waals surface area contributed by atoms with Crippen LogP contribution in [0.5, 0.6) is 5.88 Å². The third kappa shape index (κ3) is 4.34. The first-order valence-corrected chi connectivity index (χ1v) is 6.59. The zero-order valence-electron chi connectivity index (χ0n) is 10.6. The lowest BCUT2D eigenvalue weighted by molar-refractivity contribution is 0.299. The van der Waals surface area contributed by atoms with E-state index in [1.165, 1.54) is 5.56 Å². The monoisotopic (exact) mass is 272 g/mol. The molecule has 2 N–H and O–H groups in total. The molecule has 1 heterocycles. The summed E-state index contributed by atoms with van der Waals surface area (Å²) in [5.41, 5.74) is 7.58. The fraction of sp³-hybridized carbons (Fsp3) is 0.200. The number of pyridine rings is 1.